The number of carbonyl (C=O) groups is 1. The average molecular weight is 544 g/mol. The van der Waals surface area contributed by atoms with Crippen molar-refractivity contribution < 1.29 is 13.9 Å². The molecule has 1 aromatic carbocycles. The molecule has 0 radical (unpaired) electrons. The molecule has 12 heteroatoms. The summed E-state index contributed by atoms with van der Waals surface area (Å²) in [6, 6.07) is 3.79. The van der Waals surface area contributed by atoms with Crippen LogP contribution in [-0.2, 0) is 16.3 Å². The number of hydrogen-bond acceptors (Lipinski definition) is 6. The lowest BCUT2D eigenvalue weighted by molar-refractivity contribution is -0.129. The number of amides is 1. The molecule has 196 valence electrons. The van der Waals surface area contributed by atoms with Gasteiger partial charge in [0.1, 0.15) is 24.6 Å². The van der Waals surface area contributed by atoms with Gasteiger partial charge in [-0.2, -0.15) is 0 Å². The van der Waals surface area contributed by atoms with E-state index in [4.69, 9.17) is 22.1 Å². The first-order valence-corrected chi connectivity index (χ1v) is 16.5. The number of benzene rings is 1. The molecule has 3 aromatic rings. The summed E-state index contributed by atoms with van der Waals surface area (Å²) in [5.74, 6) is 0.413. The number of halogens is 2. The summed E-state index contributed by atoms with van der Waals surface area (Å²) in [6.07, 6.45) is 6.80. The first-order valence-electron chi connectivity index (χ1n) is 12.4. The predicted octanol–water partition coefficient (Wildman–Crippen LogP) is 4.87. The monoisotopic (exact) mass is 543 g/mol. The van der Waals surface area contributed by atoms with Gasteiger partial charge in [0, 0.05) is 38.0 Å². The quantitative estimate of drug-likeness (QED) is 0.238. The van der Waals surface area contributed by atoms with Gasteiger partial charge in [-0.25, -0.2) is 19.0 Å². The van der Waals surface area contributed by atoms with E-state index in [2.05, 4.69) is 39.7 Å². The van der Waals surface area contributed by atoms with E-state index in [1.165, 1.54) is 12.1 Å². The van der Waals surface area contributed by atoms with E-state index >= 15 is 0 Å². The molecule has 5 rings (SSSR count). The van der Waals surface area contributed by atoms with E-state index in [0.29, 0.717) is 42.7 Å². The third-order valence-corrected chi connectivity index (χ3v) is 8.86. The van der Waals surface area contributed by atoms with Gasteiger partial charge in [-0.3, -0.25) is 4.79 Å². The van der Waals surface area contributed by atoms with E-state index in [9.17, 15) is 9.18 Å². The Hall–Kier alpha value is -3.02. The van der Waals surface area contributed by atoms with Gasteiger partial charge in [0.05, 0.1) is 17.3 Å². The fourth-order valence-electron chi connectivity index (χ4n) is 4.92. The van der Waals surface area contributed by atoms with Crippen LogP contribution in [0.5, 0.6) is 0 Å². The zero-order valence-corrected chi connectivity index (χ0v) is 22.9. The highest BCUT2D eigenvalue weighted by Crippen LogP contribution is 2.43. The lowest BCUT2D eigenvalue weighted by Gasteiger charge is -2.33. The van der Waals surface area contributed by atoms with E-state index in [1.54, 1.807) is 23.3 Å². The fourth-order valence-corrected chi connectivity index (χ4v) is 5.84. The summed E-state index contributed by atoms with van der Waals surface area (Å²) in [4.78, 5) is 27.2. The highest BCUT2D eigenvalue weighted by molar-refractivity contribution is 6.76. The molecule has 2 aromatic heterocycles. The molecule has 3 N–H and O–H groups in total. The number of ether oxygens (including phenoxy) is 1. The summed E-state index contributed by atoms with van der Waals surface area (Å²) in [5.41, 5.74) is 7.77. The second kappa shape index (κ2) is 10.0. The van der Waals surface area contributed by atoms with Crippen molar-refractivity contribution in [3.63, 3.8) is 0 Å². The Labute approximate surface area is 220 Å². The Morgan fingerprint density at radius 1 is 1.27 bits per heavy atom. The number of aromatic nitrogens is 5. The van der Waals surface area contributed by atoms with Crippen molar-refractivity contribution in [2.75, 3.05) is 12.3 Å². The number of nitrogens with one attached hydrogen (secondary N) is 1. The van der Waals surface area contributed by atoms with Crippen molar-refractivity contribution in [3.05, 3.63) is 53.0 Å². The lowest BCUT2D eigenvalue weighted by Crippen LogP contribution is -2.39. The van der Waals surface area contributed by atoms with Gasteiger partial charge in [-0.05, 0) is 43.0 Å². The number of nitrogens with zero attached hydrogens (tertiary/aromatic N) is 5. The average Bonchev–Trinajstić information content (AvgIpc) is 3.58. The third kappa shape index (κ3) is 5.34. The van der Waals surface area contributed by atoms with E-state index < -0.39 is 13.9 Å². The van der Waals surface area contributed by atoms with Crippen LogP contribution in [0.15, 0.2) is 30.7 Å². The number of imidazole rings is 1. The van der Waals surface area contributed by atoms with Gasteiger partial charge in [-0.1, -0.05) is 31.2 Å². The number of nitrogen functional groups attached to an aromatic ring is 1. The fraction of sp³-hybridized carbons (Fsp3) is 0.440. The van der Waals surface area contributed by atoms with Gasteiger partial charge in [0.15, 0.2) is 11.6 Å². The molecule has 2 atom stereocenters. The van der Waals surface area contributed by atoms with Gasteiger partial charge in [-0.15, -0.1) is 5.10 Å². The molecule has 1 unspecified atom stereocenters. The molecule has 9 nitrogen and oxygen atoms in total. The summed E-state index contributed by atoms with van der Waals surface area (Å²) < 4.78 is 22.2. The lowest BCUT2D eigenvalue weighted by atomic mass is 9.92. The number of anilines is 1. The van der Waals surface area contributed by atoms with Crippen LogP contribution in [0.1, 0.15) is 36.7 Å². The molecule has 0 saturated carbocycles. The Bertz CT molecular complexity index is 1350. The van der Waals surface area contributed by atoms with Crippen LogP contribution in [0, 0.1) is 5.82 Å². The van der Waals surface area contributed by atoms with Crippen LogP contribution in [0.2, 0.25) is 30.7 Å². The number of aromatic amines is 1. The molecule has 2 aliphatic heterocycles. The molecular formula is C25H31ClFN7O2Si. The second-order valence-corrected chi connectivity index (χ2v) is 16.9. The van der Waals surface area contributed by atoms with Gasteiger partial charge >= 0.3 is 0 Å². The van der Waals surface area contributed by atoms with Crippen molar-refractivity contribution >= 4 is 36.8 Å². The minimum atomic E-state index is -1.14. The Kier molecular flexibility index (Phi) is 6.95. The predicted molar refractivity (Wildman–Crippen MR) is 143 cm³/mol. The second-order valence-electron chi connectivity index (χ2n) is 10.8. The third-order valence-electron chi connectivity index (χ3n) is 6.87. The summed E-state index contributed by atoms with van der Waals surface area (Å²) in [5, 5.41) is 4.48. The summed E-state index contributed by atoms with van der Waals surface area (Å²) in [6.45, 7) is 7.99. The minimum absolute atomic E-state index is 0.0124. The topological polar surface area (TPSA) is 115 Å². The largest absolute Gasteiger partial charge is 0.398 e. The van der Waals surface area contributed by atoms with Crippen molar-refractivity contribution in [1.29, 1.82) is 0 Å². The normalized spacial score (nSPS) is 19.9. The van der Waals surface area contributed by atoms with Crippen LogP contribution < -0.4 is 5.73 Å². The smallest absolute Gasteiger partial charge is 0.247 e. The van der Waals surface area contributed by atoms with Gasteiger partial charge in [0.2, 0.25) is 5.91 Å². The number of rotatable bonds is 8. The molecule has 1 fully saturated rings. The Morgan fingerprint density at radius 2 is 2.08 bits per heavy atom. The Morgan fingerprint density at radius 3 is 2.86 bits per heavy atom. The van der Waals surface area contributed by atoms with Crippen molar-refractivity contribution in [3.8, 4) is 11.5 Å². The zero-order valence-electron chi connectivity index (χ0n) is 21.2. The number of fused-ring (bicyclic) bond motifs is 1. The van der Waals surface area contributed by atoms with Crippen molar-refractivity contribution in [2.45, 2.75) is 63.8 Å². The molecule has 0 aliphatic carbocycles. The maximum absolute atomic E-state index is 14.7. The van der Waals surface area contributed by atoms with Crippen molar-refractivity contribution in [2.24, 2.45) is 0 Å². The molecular weight excluding hydrogens is 513 g/mol. The van der Waals surface area contributed by atoms with Crippen LogP contribution in [0.4, 0.5) is 10.1 Å². The molecule has 0 bridgehead atoms. The summed E-state index contributed by atoms with van der Waals surface area (Å²) in [7, 11) is -1.14. The van der Waals surface area contributed by atoms with Crippen LogP contribution in [0.25, 0.3) is 17.1 Å². The molecule has 2 aliphatic rings. The van der Waals surface area contributed by atoms with E-state index in [1.807, 2.05) is 4.90 Å². The number of nitrogens with two attached hydrogens (primary N) is 1. The minimum Gasteiger partial charge on any atom is -0.398 e. The SMILES string of the molecule is C[Si](C)(C)CCOCn1cnc(-c2cnc([C@@H]3CCC4CC(c5c(N)ccc(Cl)c5F)=CC(=O)N43)[nH]2)n1. The number of carbonyl (C=O) groups excluding carboxylic acids is 1. The maximum atomic E-state index is 14.7. The van der Waals surface area contributed by atoms with Gasteiger partial charge < -0.3 is 20.4 Å². The van der Waals surface area contributed by atoms with Crippen LogP contribution in [0.3, 0.4) is 0 Å². The van der Waals surface area contributed by atoms with Crippen molar-refractivity contribution in [1.82, 2.24) is 29.6 Å². The molecule has 1 amide bonds. The van der Waals surface area contributed by atoms with E-state index in [-0.39, 0.29) is 34.3 Å². The molecule has 37 heavy (non-hydrogen) atoms. The molecule has 4 heterocycles. The maximum Gasteiger partial charge on any atom is 0.247 e. The molecule has 0 spiro atoms. The first-order chi connectivity index (χ1) is 17.6. The number of hydrogen-bond donors (Lipinski definition) is 2. The zero-order chi connectivity index (χ0) is 26.3. The molecule has 1 saturated heterocycles. The van der Waals surface area contributed by atoms with Crippen LogP contribution in [-0.4, -0.2) is 56.3 Å². The first kappa shape index (κ1) is 25.6. The summed E-state index contributed by atoms with van der Waals surface area (Å²) >= 11 is 5.98. The Balaban J connectivity index is 1.28. The highest BCUT2D eigenvalue weighted by Gasteiger charge is 2.42. The standard InChI is InChI=1S/C25H31ClFN7O2Si/c1-37(2,3)9-8-36-14-33-13-30-24(32-33)19-12-29-25(31-19)20-7-4-16-10-15(11-21(35)34(16)20)22-18(28)6-5-17(26)23(22)27/h5-6,11-13,16,20H,4,7-10,14,28H2,1-3H3,(H,29,31)/t16?,20-/m0/s1. The highest BCUT2D eigenvalue weighted by atomic mass is 35.5. The number of H-pyrrole nitrogens is 1. The van der Waals surface area contributed by atoms with E-state index in [0.717, 1.165) is 18.9 Å². The van der Waals surface area contributed by atoms with Gasteiger partial charge in [0.25, 0.3) is 0 Å². The van der Waals surface area contributed by atoms with Crippen LogP contribution >= 0.6 is 11.6 Å².